The van der Waals surface area contributed by atoms with Gasteiger partial charge in [-0.1, -0.05) is 26.7 Å². The molecule has 108 valence electrons. The minimum absolute atomic E-state index is 0.188. The van der Waals surface area contributed by atoms with Gasteiger partial charge in [0.05, 0.1) is 6.10 Å². The van der Waals surface area contributed by atoms with Crippen LogP contribution in [0.3, 0.4) is 0 Å². The summed E-state index contributed by atoms with van der Waals surface area (Å²) in [4.78, 5) is 4.87. The van der Waals surface area contributed by atoms with Crippen molar-refractivity contribution in [2.75, 3.05) is 52.9 Å². The van der Waals surface area contributed by atoms with E-state index in [0.29, 0.717) is 5.92 Å². The standard InChI is InChI=1S/C14H31N3O/c1-4-13(5-2)14(18)12-15-6-7-17-10-8-16(3)9-11-17/h13-15,18H,4-12H2,1-3H3. The molecule has 1 unspecified atom stereocenters. The molecule has 0 spiro atoms. The van der Waals surface area contributed by atoms with Gasteiger partial charge in [0.1, 0.15) is 0 Å². The summed E-state index contributed by atoms with van der Waals surface area (Å²) >= 11 is 0. The minimum atomic E-state index is -0.188. The molecule has 1 atom stereocenters. The largest absolute Gasteiger partial charge is 0.392 e. The predicted molar refractivity (Wildman–Crippen MR) is 76.9 cm³/mol. The number of nitrogens with one attached hydrogen (secondary N) is 1. The second-order valence-electron chi connectivity index (χ2n) is 5.49. The molecule has 1 rings (SSSR count). The third-order valence-electron chi connectivity index (χ3n) is 4.15. The molecule has 1 heterocycles. The average molecular weight is 257 g/mol. The van der Waals surface area contributed by atoms with Crippen LogP contribution < -0.4 is 5.32 Å². The first kappa shape index (κ1) is 15.9. The number of hydrogen-bond donors (Lipinski definition) is 2. The average Bonchev–Trinajstić information content (AvgIpc) is 2.38. The van der Waals surface area contributed by atoms with Crippen molar-refractivity contribution in [2.24, 2.45) is 5.92 Å². The zero-order valence-electron chi connectivity index (χ0n) is 12.4. The fourth-order valence-corrected chi connectivity index (χ4v) is 2.56. The van der Waals surface area contributed by atoms with Gasteiger partial charge >= 0.3 is 0 Å². The van der Waals surface area contributed by atoms with Gasteiger partial charge < -0.3 is 15.3 Å². The van der Waals surface area contributed by atoms with Crippen LogP contribution in [-0.4, -0.2) is 73.9 Å². The molecule has 1 aliphatic heterocycles. The van der Waals surface area contributed by atoms with E-state index in [0.717, 1.165) is 32.5 Å². The Bertz CT molecular complexity index is 201. The monoisotopic (exact) mass is 257 g/mol. The fraction of sp³-hybridized carbons (Fsp3) is 1.00. The third-order valence-corrected chi connectivity index (χ3v) is 4.15. The van der Waals surface area contributed by atoms with Gasteiger partial charge in [0.15, 0.2) is 0 Å². The van der Waals surface area contributed by atoms with Gasteiger partial charge in [0, 0.05) is 45.8 Å². The van der Waals surface area contributed by atoms with Crippen LogP contribution in [0.2, 0.25) is 0 Å². The molecular weight excluding hydrogens is 226 g/mol. The molecule has 4 heteroatoms. The van der Waals surface area contributed by atoms with Crippen LogP contribution in [0.5, 0.6) is 0 Å². The molecule has 0 saturated carbocycles. The van der Waals surface area contributed by atoms with Gasteiger partial charge in [-0.3, -0.25) is 4.90 Å². The first-order valence-electron chi connectivity index (χ1n) is 7.47. The number of aliphatic hydroxyl groups is 1. The van der Waals surface area contributed by atoms with Gasteiger partial charge in [-0.2, -0.15) is 0 Å². The highest BCUT2D eigenvalue weighted by Crippen LogP contribution is 2.12. The van der Waals surface area contributed by atoms with Crippen molar-refractivity contribution in [2.45, 2.75) is 32.8 Å². The van der Waals surface area contributed by atoms with E-state index in [1.54, 1.807) is 0 Å². The molecule has 0 radical (unpaired) electrons. The van der Waals surface area contributed by atoms with E-state index in [2.05, 4.69) is 36.0 Å². The van der Waals surface area contributed by atoms with Crippen LogP contribution >= 0.6 is 0 Å². The van der Waals surface area contributed by atoms with Crippen LogP contribution in [0.15, 0.2) is 0 Å². The minimum Gasteiger partial charge on any atom is -0.392 e. The maximum atomic E-state index is 10.00. The lowest BCUT2D eigenvalue weighted by Gasteiger charge is -2.32. The third kappa shape index (κ3) is 5.65. The van der Waals surface area contributed by atoms with Crippen LogP contribution in [0.4, 0.5) is 0 Å². The van der Waals surface area contributed by atoms with Crippen LogP contribution in [0, 0.1) is 5.92 Å². The molecule has 0 aliphatic carbocycles. The summed E-state index contributed by atoms with van der Waals surface area (Å²) in [5.74, 6) is 0.445. The summed E-state index contributed by atoms with van der Waals surface area (Å²) in [5.41, 5.74) is 0. The molecule has 1 fully saturated rings. The predicted octanol–water partition coefficient (Wildman–Crippen LogP) is 0.621. The van der Waals surface area contributed by atoms with Crippen molar-refractivity contribution >= 4 is 0 Å². The molecule has 0 amide bonds. The molecular formula is C14H31N3O. The summed E-state index contributed by atoms with van der Waals surface area (Å²) in [7, 11) is 2.18. The molecule has 0 bridgehead atoms. The number of hydrogen-bond acceptors (Lipinski definition) is 4. The maximum absolute atomic E-state index is 10.00. The van der Waals surface area contributed by atoms with E-state index in [1.807, 2.05) is 0 Å². The second kappa shape index (κ2) is 8.86. The Kier molecular flexibility index (Phi) is 7.82. The van der Waals surface area contributed by atoms with E-state index < -0.39 is 0 Å². The molecule has 18 heavy (non-hydrogen) atoms. The lowest BCUT2D eigenvalue weighted by atomic mass is 9.97. The zero-order valence-corrected chi connectivity index (χ0v) is 12.4. The highest BCUT2D eigenvalue weighted by molar-refractivity contribution is 4.72. The lowest BCUT2D eigenvalue weighted by Crippen LogP contribution is -2.47. The van der Waals surface area contributed by atoms with Gasteiger partial charge in [0.2, 0.25) is 0 Å². The highest BCUT2D eigenvalue weighted by atomic mass is 16.3. The van der Waals surface area contributed by atoms with E-state index in [9.17, 15) is 5.11 Å². The van der Waals surface area contributed by atoms with Gasteiger partial charge in [-0.15, -0.1) is 0 Å². The van der Waals surface area contributed by atoms with Crippen LogP contribution in [0.1, 0.15) is 26.7 Å². The first-order chi connectivity index (χ1) is 8.67. The van der Waals surface area contributed by atoms with Crippen molar-refractivity contribution in [1.29, 1.82) is 0 Å². The number of rotatable bonds is 8. The molecule has 0 aromatic heterocycles. The zero-order chi connectivity index (χ0) is 13.4. The number of nitrogens with zero attached hydrogens (tertiary/aromatic N) is 2. The molecule has 0 aromatic rings. The van der Waals surface area contributed by atoms with Crippen molar-refractivity contribution in [3.63, 3.8) is 0 Å². The van der Waals surface area contributed by atoms with Gasteiger partial charge in [-0.25, -0.2) is 0 Å². The molecule has 0 aromatic carbocycles. The molecule has 2 N–H and O–H groups in total. The normalized spacial score (nSPS) is 20.5. The lowest BCUT2D eigenvalue weighted by molar-refractivity contribution is 0.0990. The quantitative estimate of drug-likeness (QED) is 0.625. The number of piperazine rings is 1. The molecule has 4 nitrogen and oxygen atoms in total. The Morgan fingerprint density at radius 2 is 1.72 bits per heavy atom. The van der Waals surface area contributed by atoms with E-state index in [1.165, 1.54) is 26.2 Å². The molecule has 1 saturated heterocycles. The van der Waals surface area contributed by atoms with E-state index >= 15 is 0 Å². The fourth-order valence-electron chi connectivity index (χ4n) is 2.56. The summed E-state index contributed by atoms with van der Waals surface area (Å²) in [6, 6.07) is 0. The Labute approximate surface area is 112 Å². The van der Waals surface area contributed by atoms with Crippen molar-refractivity contribution in [3.8, 4) is 0 Å². The van der Waals surface area contributed by atoms with Crippen molar-refractivity contribution in [1.82, 2.24) is 15.1 Å². The van der Waals surface area contributed by atoms with E-state index in [4.69, 9.17) is 0 Å². The van der Waals surface area contributed by atoms with Crippen LogP contribution in [0.25, 0.3) is 0 Å². The smallest absolute Gasteiger partial charge is 0.0692 e. The molecule has 1 aliphatic rings. The number of likely N-dealkylation sites (N-methyl/N-ethyl adjacent to an activating group) is 1. The van der Waals surface area contributed by atoms with Crippen molar-refractivity contribution in [3.05, 3.63) is 0 Å². The maximum Gasteiger partial charge on any atom is 0.0692 e. The van der Waals surface area contributed by atoms with Crippen molar-refractivity contribution < 1.29 is 5.11 Å². The summed E-state index contributed by atoms with van der Waals surface area (Å²) in [6.45, 7) is 11.8. The summed E-state index contributed by atoms with van der Waals surface area (Å²) < 4.78 is 0. The Hall–Kier alpha value is -0.160. The van der Waals surface area contributed by atoms with Crippen LogP contribution in [-0.2, 0) is 0 Å². The SMILES string of the molecule is CCC(CC)C(O)CNCCN1CCN(C)CC1. The van der Waals surface area contributed by atoms with Gasteiger partial charge in [0.25, 0.3) is 0 Å². The second-order valence-corrected chi connectivity index (χ2v) is 5.49. The highest BCUT2D eigenvalue weighted by Gasteiger charge is 2.15. The number of aliphatic hydroxyl groups excluding tert-OH is 1. The summed E-state index contributed by atoms with van der Waals surface area (Å²) in [5, 5.41) is 13.4. The Morgan fingerprint density at radius 1 is 1.11 bits per heavy atom. The topological polar surface area (TPSA) is 38.7 Å². The summed E-state index contributed by atoms with van der Waals surface area (Å²) in [6.07, 6.45) is 1.95. The first-order valence-corrected chi connectivity index (χ1v) is 7.47. The van der Waals surface area contributed by atoms with E-state index in [-0.39, 0.29) is 6.10 Å². The Morgan fingerprint density at radius 3 is 2.28 bits per heavy atom. The Balaban J connectivity index is 2.04. The van der Waals surface area contributed by atoms with Gasteiger partial charge in [-0.05, 0) is 13.0 Å².